The number of thiophene rings is 1. The zero-order chi connectivity index (χ0) is 19.8. The molecule has 1 aliphatic heterocycles. The lowest BCUT2D eigenvalue weighted by molar-refractivity contribution is -0.895. The van der Waals surface area contributed by atoms with Crippen molar-refractivity contribution in [3.8, 4) is 0 Å². The first-order valence-electron chi connectivity index (χ1n) is 9.75. The Morgan fingerprint density at radius 1 is 1.18 bits per heavy atom. The molecule has 1 aromatic heterocycles. The van der Waals surface area contributed by atoms with Gasteiger partial charge in [-0.1, -0.05) is 31.2 Å². The number of piperazine rings is 1. The molecule has 2 amide bonds. The molecule has 7 heteroatoms. The first-order chi connectivity index (χ1) is 13.7. The number of hydrogen-bond donors (Lipinski definition) is 2. The smallest absolute Gasteiger partial charge is 0.279 e. The monoisotopic (exact) mass is 418 g/mol. The van der Waals surface area contributed by atoms with Crippen LogP contribution in [0.2, 0.25) is 0 Å². The topological polar surface area (TPSA) is 53.9 Å². The summed E-state index contributed by atoms with van der Waals surface area (Å²) in [5.74, 6) is 1.68. The molecule has 5 nitrogen and oxygen atoms in total. The highest BCUT2D eigenvalue weighted by Crippen LogP contribution is 2.17. The van der Waals surface area contributed by atoms with Gasteiger partial charge in [0.1, 0.15) is 0 Å². The number of carbonyl (C=O) groups is 2. The SMILES string of the molecule is CCc1ccccc1NC(=O)C[NH+]1CCN(C(=O)CSCc2cccs2)CC1. The van der Waals surface area contributed by atoms with Crippen molar-refractivity contribution in [2.24, 2.45) is 0 Å². The predicted octanol–water partition coefficient (Wildman–Crippen LogP) is 1.91. The Labute approximate surface area is 175 Å². The van der Waals surface area contributed by atoms with Gasteiger partial charge in [0.15, 0.2) is 6.54 Å². The molecule has 2 N–H and O–H groups in total. The highest BCUT2D eigenvalue weighted by atomic mass is 32.2. The van der Waals surface area contributed by atoms with E-state index in [1.165, 1.54) is 9.78 Å². The minimum absolute atomic E-state index is 0.0437. The third-order valence-electron chi connectivity index (χ3n) is 4.96. The van der Waals surface area contributed by atoms with Gasteiger partial charge in [-0.3, -0.25) is 9.59 Å². The number of aryl methyl sites for hydroxylation is 1. The number of hydrogen-bond acceptors (Lipinski definition) is 4. The van der Waals surface area contributed by atoms with Crippen LogP contribution in [0.1, 0.15) is 17.4 Å². The van der Waals surface area contributed by atoms with E-state index in [2.05, 4.69) is 23.7 Å². The standard InChI is InChI=1S/C21H27N3O2S2/c1-2-17-6-3-4-8-19(17)22-20(25)14-23-9-11-24(12-10-23)21(26)16-27-15-18-7-5-13-28-18/h3-8,13H,2,9-12,14-16H2,1H3,(H,22,25)/p+1. The Morgan fingerprint density at radius 3 is 2.68 bits per heavy atom. The van der Waals surface area contributed by atoms with E-state index in [1.807, 2.05) is 35.2 Å². The van der Waals surface area contributed by atoms with E-state index < -0.39 is 0 Å². The lowest BCUT2D eigenvalue weighted by atomic mass is 10.1. The molecule has 0 atom stereocenters. The van der Waals surface area contributed by atoms with Gasteiger partial charge in [-0.25, -0.2) is 0 Å². The molecular weight excluding hydrogens is 390 g/mol. The van der Waals surface area contributed by atoms with Crippen LogP contribution in [-0.2, 0) is 21.8 Å². The number of benzene rings is 1. The van der Waals surface area contributed by atoms with Gasteiger partial charge in [0.05, 0.1) is 31.9 Å². The fourth-order valence-corrected chi connectivity index (χ4v) is 5.11. The first-order valence-corrected chi connectivity index (χ1v) is 11.8. The van der Waals surface area contributed by atoms with Crippen LogP contribution in [0.25, 0.3) is 0 Å². The highest BCUT2D eigenvalue weighted by Gasteiger charge is 2.25. The first kappa shape index (κ1) is 20.9. The second kappa shape index (κ2) is 10.6. The van der Waals surface area contributed by atoms with E-state index in [1.54, 1.807) is 23.1 Å². The van der Waals surface area contributed by atoms with Gasteiger partial charge in [0, 0.05) is 16.3 Å². The Bertz CT molecular complexity index is 772. The van der Waals surface area contributed by atoms with E-state index in [0.717, 1.165) is 49.6 Å². The molecule has 28 heavy (non-hydrogen) atoms. The molecule has 1 saturated heterocycles. The van der Waals surface area contributed by atoms with Crippen LogP contribution < -0.4 is 10.2 Å². The van der Waals surface area contributed by atoms with Gasteiger partial charge < -0.3 is 15.1 Å². The molecule has 0 aliphatic carbocycles. The summed E-state index contributed by atoms with van der Waals surface area (Å²) in [5.41, 5.74) is 2.06. The molecule has 1 aliphatic rings. The molecule has 2 aromatic rings. The van der Waals surface area contributed by atoms with Crippen LogP contribution in [0.5, 0.6) is 0 Å². The van der Waals surface area contributed by atoms with Crippen LogP contribution in [0.15, 0.2) is 41.8 Å². The van der Waals surface area contributed by atoms with Gasteiger partial charge in [0.25, 0.3) is 5.91 Å². The molecule has 0 spiro atoms. The van der Waals surface area contributed by atoms with Gasteiger partial charge in [-0.2, -0.15) is 0 Å². The summed E-state index contributed by atoms with van der Waals surface area (Å²) in [6, 6.07) is 12.1. The van der Waals surface area contributed by atoms with Crippen LogP contribution >= 0.6 is 23.1 Å². The average Bonchev–Trinajstić information content (AvgIpc) is 3.22. The van der Waals surface area contributed by atoms with Crippen molar-refractivity contribution in [3.63, 3.8) is 0 Å². The Hall–Kier alpha value is -1.83. The van der Waals surface area contributed by atoms with E-state index in [0.29, 0.717) is 12.3 Å². The van der Waals surface area contributed by atoms with Crippen molar-refractivity contribution in [2.75, 3.05) is 43.8 Å². The maximum atomic E-state index is 12.4. The molecule has 1 fully saturated rings. The summed E-state index contributed by atoms with van der Waals surface area (Å²) in [7, 11) is 0. The predicted molar refractivity (Wildman–Crippen MR) is 117 cm³/mol. The van der Waals surface area contributed by atoms with E-state index in [-0.39, 0.29) is 11.8 Å². The molecular formula is C21H28N3O2S2+. The van der Waals surface area contributed by atoms with Crippen molar-refractivity contribution >= 4 is 40.6 Å². The normalized spacial score (nSPS) is 14.8. The van der Waals surface area contributed by atoms with Crippen molar-refractivity contribution in [3.05, 3.63) is 52.2 Å². The van der Waals surface area contributed by atoms with Crippen LogP contribution in [0.3, 0.4) is 0 Å². The summed E-state index contributed by atoms with van der Waals surface area (Å²) >= 11 is 3.41. The third kappa shape index (κ3) is 6.09. The van der Waals surface area contributed by atoms with Crippen LogP contribution in [0.4, 0.5) is 5.69 Å². The molecule has 0 saturated carbocycles. The number of para-hydroxylation sites is 1. The van der Waals surface area contributed by atoms with Gasteiger partial charge in [-0.15, -0.1) is 23.1 Å². The molecule has 0 unspecified atom stereocenters. The number of carbonyl (C=O) groups excluding carboxylic acids is 2. The third-order valence-corrected chi connectivity index (χ3v) is 6.98. The number of rotatable bonds is 8. The summed E-state index contributed by atoms with van der Waals surface area (Å²) in [4.78, 5) is 29.3. The molecule has 150 valence electrons. The molecule has 1 aromatic carbocycles. The largest absolute Gasteiger partial charge is 0.331 e. The maximum absolute atomic E-state index is 12.4. The summed E-state index contributed by atoms with van der Waals surface area (Å²) in [6.07, 6.45) is 0.897. The number of thioether (sulfide) groups is 1. The second-order valence-corrected chi connectivity index (χ2v) is 8.96. The van der Waals surface area contributed by atoms with Crippen molar-refractivity contribution in [1.29, 1.82) is 0 Å². The van der Waals surface area contributed by atoms with Crippen LogP contribution in [0, 0.1) is 0 Å². The summed E-state index contributed by atoms with van der Waals surface area (Å²) in [6.45, 7) is 5.64. The van der Waals surface area contributed by atoms with E-state index in [9.17, 15) is 9.59 Å². The Morgan fingerprint density at radius 2 is 1.96 bits per heavy atom. The minimum Gasteiger partial charge on any atom is -0.331 e. The van der Waals surface area contributed by atoms with Gasteiger partial charge in [0.2, 0.25) is 5.91 Å². The van der Waals surface area contributed by atoms with Crippen LogP contribution in [-0.4, -0.2) is 55.2 Å². The van der Waals surface area contributed by atoms with Crippen molar-refractivity contribution in [2.45, 2.75) is 19.1 Å². The van der Waals surface area contributed by atoms with Gasteiger partial charge in [-0.05, 0) is 29.5 Å². The highest BCUT2D eigenvalue weighted by molar-refractivity contribution is 7.99. The lowest BCUT2D eigenvalue weighted by Crippen LogP contribution is -3.15. The quantitative estimate of drug-likeness (QED) is 0.689. The average molecular weight is 419 g/mol. The lowest BCUT2D eigenvalue weighted by Gasteiger charge is -2.31. The Balaban J connectivity index is 1.37. The number of nitrogens with zero attached hydrogens (tertiary/aromatic N) is 1. The fourth-order valence-electron chi connectivity index (χ4n) is 3.35. The molecule has 2 heterocycles. The summed E-state index contributed by atoms with van der Waals surface area (Å²) in [5, 5.41) is 5.11. The molecule has 3 rings (SSSR count). The minimum atomic E-state index is 0.0437. The Kier molecular flexibility index (Phi) is 7.94. The zero-order valence-electron chi connectivity index (χ0n) is 16.3. The number of nitrogens with one attached hydrogen (secondary N) is 2. The maximum Gasteiger partial charge on any atom is 0.279 e. The van der Waals surface area contributed by atoms with E-state index in [4.69, 9.17) is 0 Å². The number of quaternary nitrogens is 1. The fraction of sp³-hybridized carbons (Fsp3) is 0.429. The van der Waals surface area contributed by atoms with E-state index >= 15 is 0 Å². The second-order valence-electron chi connectivity index (χ2n) is 6.94. The van der Waals surface area contributed by atoms with Crippen molar-refractivity contribution < 1.29 is 14.5 Å². The van der Waals surface area contributed by atoms with Gasteiger partial charge >= 0.3 is 0 Å². The zero-order valence-corrected chi connectivity index (χ0v) is 17.9. The summed E-state index contributed by atoms with van der Waals surface area (Å²) < 4.78 is 0. The number of anilines is 1. The molecule has 0 radical (unpaired) electrons. The van der Waals surface area contributed by atoms with Crippen molar-refractivity contribution in [1.82, 2.24) is 4.90 Å². The molecule has 0 bridgehead atoms. The number of amides is 2.